The molecule has 1 aromatic rings. The Morgan fingerprint density at radius 2 is 2.05 bits per heavy atom. The highest BCUT2D eigenvalue weighted by Crippen LogP contribution is 2.41. The second-order valence-electron chi connectivity index (χ2n) is 4.73. The first-order chi connectivity index (χ1) is 9.29. The summed E-state index contributed by atoms with van der Waals surface area (Å²) in [7, 11) is 0. The molecule has 7 heteroatoms. The molecule has 0 saturated heterocycles. The zero-order valence-corrected chi connectivity index (χ0v) is 12.0. The molecule has 1 aliphatic rings. The number of anilines is 1. The summed E-state index contributed by atoms with van der Waals surface area (Å²) >= 11 is 3.17. The monoisotopic (exact) mass is 351 g/mol. The molecule has 3 nitrogen and oxygen atoms in total. The van der Waals surface area contributed by atoms with Crippen LogP contribution in [0.25, 0.3) is 0 Å². The number of hydrogen-bond acceptors (Lipinski definition) is 2. The summed E-state index contributed by atoms with van der Waals surface area (Å²) in [6.07, 6.45) is -3.04. The lowest BCUT2D eigenvalue weighted by Gasteiger charge is -2.27. The normalized spacial score (nSPS) is 15.2. The Labute approximate surface area is 122 Å². The molecular weight excluding hydrogens is 339 g/mol. The van der Waals surface area contributed by atoms with Gasteiger partial charge in [0.05, 0.1) is 17.7 Å². The van der Waals surface area contributed by atoms with E-state index in [1.807, 2.05) is 0 Å². The van der Waals surface area contributed by atoms with Crippen LogP contribution in [0.3, 0.4) is 0 Å². The number of carboxylic acids is 1. The van der Waals surface area contributed by atoms with Crippen LogP contribution in [0, 0.1) is 0 Å². The summed E-state index contributed by atoms with van der Waals surface area (Å²) in [5.74, 6) is -1.01. The Hall–Kier alpha value is -1.24. The number of alkyl halides is 3. The van der Waals surface area contributed by atoms with Crippen LogP contribution in [-0.2, 0) is 11.0 Å². The number of carboxylic acid groups (broad SMARTS) is 1. The van der Waals surface area contributed by atoms with E-state index in [0.29, 0.717) is 4.47 Å². The highest BCUT2D eigenvalue weighted by molar-refractivity contribution is 9.10. The zero-order valence-electron chi connectivity index (χ0n) is 10.5. The zero-order chi connectivity index (χ0) is 14.9. The first-order valence-electron chi connectivity index (χ1n) is 6.14. The predicted molar refractivity (Wildman–Crippen MR) is 71.8 cm³/mol. The van der Waals surface area contributed by atoms with E-state index in [9.17, 15) is 18.0 Å². The molecule has 110 valence electrons. The van der Waals surface area contributed by atoms with Crippen LogP contribution in [0.1, 0.15) is 24.8 Å². The minimum absolute atomic E-state index is 0.00440. The van der Waals surface area contributed by atoms with Gasteiger partial charge in [0.1, 0.15) is 0 Å². The molecule has 0 spiro atoms. The Morgan fingerprint density at radius 3 is 2.55 bits per heavy atom. The van der Waals surface area contributed by atoms with Crippen molar-refractivity contribution in [3.05, 3.63) is 28.2 Å². The van der Waals surface area contributed by atoms with Gasteiger partial charge >= 0.3 is 12.1 Å². The third-order valence-corrected chi connectivity index (χ3v) is 3.62. The minimum atomic E-state index is -4.45. The summed E-state index contributed by atoms with van der Waals surface area (Å²) in [6.45, 7) is 0.0829. The molecule has 0 amide bonds. The second-order valence-corrected chi connectivity index (χ2v) is 5.64. The average Bonchev–Trinajstić information content (AvgIpc) is 3.11. The standard InChI is InChI=1S/C13H13BrF3NO2/c14-8-1-4-10(13(15,16)17)11(7-8)18(9-2-3-9)6-5-12(19)20/h1,4,7,9H,2-3,5-6H2,(H,19,20). The Balaban J connectivity index is 2.36. The van der Waals surface area contributed by atoms with Crippen LogP contribution in [0.4, 0.5) is 18.9 Å². The third-order valence-electron chi connectivity index (χ3n) is 3.13. The number of aliphatic carboxylic acids is 1. The van der Waals surface area contributed by atoms with Gasteiger partial charge in [-0.2, -0.15) is 13.2 Å². The van der Waals surface area contributed by atoms with Gasteiger partial charge < -0.3 is 10.0 Å². The fourth-order valence-electron chi connectivity index (χ4n) is 2.08. The maximum Gasteiger partial charge on any atom is 0.418 e. The first kappa shape index (κ1) is 15.2. The summed E-state index contributed by atoms with van der Waals surface area (Å²) in [5, 5.41) is 8.74. The van der Waals surface area contributed by atoms with Gasteiger partial charge in [-0.25, -0.2) is 0 Å². The number of rotatable bonds is 5. The van der Waals surface area contributed by atoms with Gasteiger partial charge in [-0.3, -0.25) is 4.79 Å². The lowest BCUT2D eigenvalue weighted by atomic mass is 10.1. The van der Waals surface area contributed by atoms with Gasteiger partial charge in [0.2, 0.25) is 0 Å². The minimum Gasteiger partial charge on any atom is -0.481 e. The van der Waals surface area contributed by atoms with E-state index < -0.39 is 17.7 Å². The molecule has 1 fully saturated rings. The van der Waals surface area contributed by atoms with Gasteiger partial charge in [0.15, 0.2) is 0 Å². The van der Waals surface area contributed by atoms with Crippen molar-refractivity contribution in [2.75, 3.05) is 11.4 Å². The largest absolute Gasteiger partial charge is 0.481 e. The van der Waals surface area contributed by atoms with Crippen molar-refractivity contribution < 1.29 is 23.1 Å². The van der Waals surface area contributed by atoms with Gasteiger partial charge in [0.25, 0.3) is 0 Å². The molecule has 0 aromatic heterocycles. The SMILES string of the molecule is O=C(O)CCN(c1cc(Br)ccc1C(F)(F)F)C1CC1. The van der Waals surface area contributed by atoms with Gasteiger partial charge in [-0.05, 0) is 31.0 Å². The van der Waals surface area contributed by atoms with Crippen LogP contribution in [0.2, 0.25) is 0 Å². The predicted octanol–water partition coefficient (Wildman–Crippen LogP) is 3.91. The molecule has 20 heavy (non-hydrogen) atoms. The van der Waals surface area contributed by atoms with Crippen molar-refractivity contribution in [1.82, 2.24) is 0 Å². The third kappa shape index (κ3) is 3.65. The number of halogens is 4. The number of nitrogens with zero attached hydrogens (tertiary/aromatic N) is 1. The van der Waals surface area contributed by atoms with Crippen LogP contribution >= 0.6 is 15.9 Å². The highest BCUT2D eigenvalue weighted by Gasteiger charge is 2.38. The Kier molecular flexibility index (Phi) is 4.27. The smallest absolute Gasteiger partial charge is 0.418 e. The van der Waals surface area contributed by atoms with E-state index in [0.717, 1.165) is 18.9 Å². The molecule has 1 aromatic carbocycles. The molecule has 1 N–H and O–H groups in total. The average molecular weight is 352 g/mol. The fourth-order valence-corrected chi connectivity index (χ4v) is 2.43. The van der Waals surface area contributed by atoms with E-state index in [-0.39, 0.29) is 24.7 Å². The maximum atomic E-state index is 13.1. The molecule has 1 aliphatic carbocycles. The van der Waals surface area contributed by atoms with Crippen molar-refractivity contribution >= 4 is 27.6 Å². The molecule has 0 bridgehead atoms. The maximum absolute atomic E-state index is 13.1. The van der Waals surface area contributed by atoms with Crippen molar-refractivity contribution in [3.8, 4) is 0 Å². The summed E-state index contributed by atoms with van der Waals surface area (Å²) in [4.78, 5) is 12.2. The summed E-state index contributed by atoms with van der Waals surface area (Å²) in [6, 6.07) is 3.78. The van der Waals surface area contributed by atoms with Crippen molar-refractivity contribution in [2.24, 2.45) is 0 Å². The van der Waals surface area contributed by atoms with Crippen LogP contribution in [0.15, 0.2) is 22.7 Å². The van der Waals surface area contributed by atoms with E-state index in [1.54, 1.807) is 4.90 Å². The molecule has 2 rings (SSSR count). The van der Waals surface area contributed by atoms with Crippen molar-refractivity contribution in [1.29, 1.82) is 0 Å². The van der Waals surface area contributed by atoms with Crippen molar-refractivity contribution in [2.45, 2.75) is 31.5 Å². The lowest BCUT2D eigenvalue weighted by molar-refractivity contribution is -0.137. The topological polar surface area (TPSA) is 40.5 Å². The van der Waals surface area contributed by atoms with Crippen LogP contribution in [-0.4, -0.2) is 23.7 Å². The van der Waals surface area contributed by atoms with Crippen LogP contribution in [0.5, 0.6) is 0 Å². The van der Waals surface area contributed by atoms with E-state index in [1.165, 1.54) is 12.1 Å². The molecule has 0 heterocycles. The van der Waals surface area contributed by atoms with Crippen molar-refractivity contribution in [3.63, 3.8) is 0 Å². The van der Waals surface area contributed by atoms with Gasteiger partial charge in [-0.15, -0.1) is 0 Å². The van der Waals surface area contributed by atoms with E-state index in [2.05, 4.69) is 15.9 Å². The molecule has 0 aliphatic heterocycles. The molecule has 0 atom stereocenters. The summed E-state index contributed by atoms with van der Waals surface area (Å²) in [5.41, 5.74) is -0.673. The highest BCUT2D eigenvalue weighted by atomic mass is 79.9. The molecular formula is C13H13BrF3NO2. The number of hydrogen-bond donors (Lipinski definition) is 1. The van der Waals surface area contributed by atoms with Gasteiger partial charge in [0, 0.05) is 17.1 Å². The van der Waals surface area contributed by atoms with Crippen LogP contribution < -0.4 is 4.90 Å². The number of carbonyl (C=O) groups is 1. The molecule has 0 radical (unpaired) electrons. The fraction of sp³-hybridized carbons (Fsp3) is 0.462. The summed E-state index contributed by atoms with van der Waals surface area (Å²) < 4.78 is 39.7. The second kappa shape index (κ2) is 5.63. The van der Waals surface area contributed by atoms with E-state index in [4.69, 9.17) is 5.11 Å². The molecule has 1 saturated carbocycles. The number of benzene rings is 1. The quantitative estimate of drug-likeness (QED) is 0.874. The van der Waals surface area contributed by atoms with E-state index >= 15 is 0 Å². The molecule has 0 unspecified atom stereocenters. The Bertz CT molecular complexity index is 515. The lowest BCUT2D eigenvalue weighted by Crippen LogP contribution is -2.30. The first-order valence-corrected chi connectivity index (χ1v) is 6.93. The Morgan fingerprint density at radius 1 is 1.40 bits per heavy atom. The van der Waals surface area contributed by atoms with Gasteiger partial charge in [-0.1, -0.05) is 15.9 Å².